The van der Waals surface area contributed by atoms with Gasteiger partial charge in [0.25, 0.3) is 0 Å². The summed E-state index contributed by atoms with van der Waals surface area (Å²) in [6, 6.07) is 0. The molecule has 24 heavy (non-hydrogen) atoms. The van der Waals surface area contributed by atoms with Crippen LogP contribution in [0.3, 0.4) is 0 Å². The van der Waals surface area contributed by atoms with Gasteiger partial charge < -0.3 is 9.31 Å². The summed E-state index contributed by atoms with van der Waals surface area (Å²) in [4.78, 5) is 0. The Labute approximate surface area is 147 Å². The first kappa shape index (κ1) is 18.4. The van der Waals surface area contributed by atoms with Crippen LogP contribution in [0.1, 0.15) is 87.0 Å². The molecule has 1 heterocycles. The normalized spacial score (nSPS) is 37.5. The minimum absolute atomic E-state index is 0.0927. The van der Waals surface area contributed by atoms with Crippen molar-refractivity contribution in [3.05, 3.63) is 11.3 Å². The molecule has 0 bridgehead atoms. The van der Waals surface area contributed by atoms with E-state index in [-0.39, 0.29) is 11.1 Å². The second-order valence-corrected chi connectivity index (χ2v) is 10.3. The number of rotatable bonds is 1. The molecular weight excluding hydrogens is 302 g/mol. The molecule has 0 aromatic carbocycles. The molecule has 3 rings (SSSR count). The van der Waals surface area contributed by atoms with Crippen molar-refractivity contribution in [2.75, 3.05) is 0 Å². The minimum atomic E-state index is -0.817. The second-order valence-electron chi connectivity index (χ2n) is 10.3. The lowest BCUT2D eigenvalue weighted by molar-refractivity contribution is 0.00578. The highest BCUT2D eigenvalue weighted by atomic mass is 19.1. The number of halogens is 1. The molecule has 0 N–H and O–H groups in total. The van der Waals surface area contributed by atoms with Gasteiger partial charge in [0, 0.05) is 0 Å². The zero-order chi connectivity index (χ0) is 18.0. The van der Waals surface area contributed by atoms with Crippen molar-refractivity contribution in [1.29, 1.82) is 0 Å². The third kappa shape index (κ3) is 2.88. The lowest BCUT2D eigenvalue weighted by atomic mass is 9.52. The van der Waals surface area contributed by atoms with Crippen LogP contribution in [0.15, 0.2) is 11.3 Å². The van der Waals surface area contributed by atoms with Crippen molar-refractivity contribution < 1.29 is 13.7 Å². The molecule has 136 valence electrons. The van der Waals surface area contributed by atoms with Crippen LogP contribution in [0, 0.1) is 16.7 Å². The van der Waals surface area contributed by atoms with E-state index in [1.807, 2.05) is 27.7 Å². The molecular formula is C20H34BFO2. The molecule has 3 fully saturated rings. The molecule has 0 atom stereocenters. The molecule has 0 amide bonds. The maximum Gasteiger partial charge on any atom is 0.525 e. The highest BCUT2D eigenvalue weighted by molar-refractivity contribution is 6.54. The van der Waals surface area contributed by atoms with E-state index in [4.69, 9.17) is 9.31 Å². The van der Waals surface area contributed by atoms with Crippen molar-refractivity contribution in [2.45, 2.75) is 98.2 Å². The van der Waals surface area contributed by atoms with Gasteiger partial charge in [0.15, 0.2) is 0 Å². The summed E-state index contributed by atoms with van der Waals surface area (Å²) in [5.41, 5.74) is 0.365. The Hall–Kier alpha value is -0.345. The summed E-state index contributed by atoms with van der Waals surface area (Å²) in [7, 11) is -0.817. The number of hydrogen-bond donors (Lipinski definition) is 0. The molecule has 0 radical (unpaired) electrons. The van der Waals surface area contributed by atoms with Gasteiger partial charge in [-0.2, -0.15) is 0 Å². The third-order valence-corrected chi connectivity index (χ3v) is 7.41. The van der Waals surface area contributed by atoms with Crippen molar-refractivity contribution in [3.63, 3.8) is 0 Å². The van der Waals surface area contributed by atoms with Crippen LogP contribution in [0.2, 0.25) is 0 Å². The van der Waals surface area contributed by atoms with E-state index in [1.165, 1.54) is 12.8 Å². The van der Waals surface area contributed by atoms with Crippen molar-refractivity contribution in [1.82, 2.24) is 0 Å². The van der Waals surface area contributed by atoms with Gasteiger partial charge in [-0.15, -0.1) is 0 Å². The first-order chi connectivity index (χ1) is 10.9. The van der Waals surface area contributed by atoms with E-state index in [0.717, 1.165) is 37.2 Å². The van der Waals surface area contributed by atoms with E-state index >= 15 is 4.39 Å². The molecule has 0 aromatic rings. The lowest BCUT2D eigenvalue weighted by Crippen LogP contribution is -2.41. The monoisotopic (exact) mass is 336 g/mol. The molecule has 1 spiro atoms. The molecule has 2 aliphatic carbocycles. The highest BCUT2D eigenvalue weighted by Crippen LogP contribution is 2.60. The maximum atomic E-state index is 15.2. The summed E-state index contributed by atoms with van der Waals surface area (Å²) in [6.45, 7) is 14.9. The average Bonchev–Trinajstić information content (AvgIpc) is 2.65. The molecule has 3 aliphatic rings. The quantitative estimate of drug-likeness (QED) is 0.559. The van der Waals surface area contributed by atoms with Gasteiger partial charge in [-0.3, -0.25) is 0 Å². The zero-order valence-electron chi connectivity index (χ0n) is 16.6. The van der Waals surface area contributed by atoms with Crippen LogP contribution < -0.4 is 0 Å². The standard InChI is InChI=1S/C20H34BFO2/c1-17(2,3)14-8-11-20(12-9-14)13-10-15(20)16(22)21-23-18(4,5)19(6,7)24-21/h14H,8-13H2,1-7H3. The summed E-state index contributed by atoms with van der Waals surface area (Å²) < 4.78 is 27.1. The van der Waals surface area contributed by atoms with E-state index in [9.17, 15) is 0 Å². The van der Waals surface area contributed by atoms with Crippen LogP contribution in [0.4, 0.5) is 4.39 Å². The van der Waals surface area contributed by atoms with Crippen molar-refractivity contribution in [2.24, 2.45) is 16.7 Å². The van der Waals surface area contributed by atoms with Crippen LogP contribution in [0.5, 0.6) is 0 Å². The van der Waals surface area contributed by atoms with Crippen LogP contribution in [-0.2, 0) is 9.31 Å². The molecule has 1 saturated heterocycles. The molecule has 2 nitrogen and oxygen atoms in total. The first-order valence-corrected chi connectivity index (χ1v) is 9.63. The Balaban J connectivity index is 1.75. The topological polar surface area (TPSA) is 18.5 Å². The molecule has 4 heteroatoms. The van der Waals surface area contributed by atoms with Gasteiger partial charge in [-0.25, -0.2) is 4.39 Å². The molecule has 2 saturated carbocycles. The Kier molecular flexibility index (Phi) is 4.28. The molecule has 0 aromatic heterocycles. The summed E-state index contributed by atoms with van der Waals surface area (Å²) >= 11 is 0. The van der Waals surface area contributed by atoms with Crippen LogP contribution in [-0.4, -0.2) is 18.3 Å². The summed E-state index contributed by atoms with van der Waals surface area (Å²) in [5, 5.41) is 0. The summed E-state index contributed by atoms with van der Waals surface area (Å²) in [6.07, 6.45) is 6.67. The Morgan fingerprint density at radius 3 is 1.88 bits per heavy atom. The predicted molar refractivity (Wildman–Crippen MR) is 97.3 cm³/mol. The largest absolute Gasteiger partial charge is 0.525 e. The van der Waals surface area contributed by atoms with Crippen molar-refractivity contribution in [3.8, 4) is 0 Å². The minimum Gasteiger partial charge on any atom is -0.398 e. The molecule has 0 unspecified atom stereocenters. The zero-order valence-corrected chi connectivity index (χ0v) is 16.6. The van der Waals surface area contributed by atoms with Crippen LogP contribution >= 0.6 is 0 Å². The number of hydrogen-bond acceptors (Lipinski definition) is 2. The highest BCUT2D eigenvalue weighted by Gasteiger charge is 2.56. The fourth-order valence-electron chi connectivity index (χ4n) is 4.65. The molecule has 1 aliphatic heterocycles. The van der Waals surface area contributed by atoms with Gasteiger partial charge >= 0.3 is 7.12 Å². The Bertz CT molecular complexity index is 520. The van der Waals surface area contributed by atoms with E-state index in [0.29, 0.717) is 5.41 Å². The second kappa shape index (κ2) is 5.57. The predicted octanol–water partition coefficient (Wildman–Crippen LogP) is 5.86. The van der Waals surface area contributed by atoms with Gasteiger partial charge in [0.2, 0.25) is 0 Å². The SMILES string of the molecule is CC(C)(C)C1CCC2(CCC2=C(F)B2OC(C)(C)C(C)(C)O2)CC1. The van der Waals surface area contributed by atoms with Crippen molar-refractivity contribution >= 4 is 7.12 Å². The van der Waals surface area contributed by atoms with Gasteiger partial charge in [-0.1, -0.05) is 20.8 Å². The fourth-order valence-corrected chi connectivity index (χ4v) is 4.65. The van der Waals surface area contributed by atoms with Gasteiger partial charge in [0.1, 0.15) is 5.73 Å². The van der Waals surface area contributed by atoms with Gasteiger partial charge in [-0.05, 0) is 88.5 Å². The van der Waals surface area contributed by atoms with E-state index < -0.39 is 18.3 Å². The van der Waals surface area contributed by atoms with Crippen LogP contribution in [0.25, 0.3) is 0 Å². The lowest BCUT2D eigenvalue weighted by Gasteiger charge is -2.51. The van der Waals surface area contributed by atoms with Gasteiger partial charge in [0.05, 0.1) is 11.2 Å². The summed E-state index contributed by atoms with van der Waals surface area (Å²) in [5.74, 6) is 0.755. The Morgan fingerprint density at radius 2 is 1.50 bits per heavy atom. The average molecular weight is 336 g/mol. The maximum absolute atomic E-state index is 15.2. The smallest absolute Gasteiger partial charge is 0.398 e. The first-order valence-electron chi connectivity index (χ1n) is 9.63. The Morgan fingerprint density at radius 1 is 1.00 bits per heavy atom. The fraction of sp³-hybridized carbons (Fsp3) is 0.900. The third-order valence-electron chi connectivity index (χ3n) is 7.41. The van der Waals surface area contributed by atoms with E-state index in [1.54, 1.807) is 0 Å². The van der Waals surface area contributed by atoms with E-state index in [2.05, 4.69) is 20.8 Å². The number of allylic oxidation sites excluding steroid dienone is 1.